The van der Waals surface area contributed by atoms with E-state index in [2.05, 4.69) is 16.0 Å². The van der Waals surface area contributed by atoms with E-state index in [9.17, 15) is 14.0 Å². The Morgan fingerprint density at radius 3 is 2.52 bits per heavy atom. The third kappa shape index (κ3) is 3.97. The second-order valence-corrected chi connectivity index (χ2v) is 9.21. The van der Waals surface area contributed by atoms with Gasteiger partial charge in [0.1, 0.15) is 6.07 Å². The first-order valence-electron chi connectivity index (χ1n) is 9.93. The highest BCUT2D eigenvalue weighted by Crippen LogP contribution is 2.53. The number of anilines is 1. The maximum Gasteiger partial charge on any atom is 0.258 e. The topological polar surface area (TPSA) is 87.6 Å². The van der Waals surface area contributed by atoms with E-state index in [1.807, 2.05) is 6.07 Å². The number of nitrogens with zero attached hydrogens (tertiary/aromatic N) is 4. The van der Waals surface area contributed by atoms with Gasteiger partial charge in [-0.05, 0) is 18.9 Å². The summed E-state index contributed by atoms with van der Waals surface area (Å²) in [7, 11) is 3.14. The van der Waals surface area contributed by atoms with E-state index >= 15 is 0 Å². The number of hydrogen-bond donors (Lipinski definition) is 1. The second kappa shape index (κ2) is 7.97. The lowest BCUT2D eigenvalue weighted by Gasteiger charge is -2.61. The molecule has 2 fully saturated rings. The number of ether oxygens (including phenoxy) is 2. The molecule has 0 unspecified atom stereocenters. The van der Waals surface area contributed by atoms with Crippen molar-refractivity contribution in [1.82, 2.24) is 9.29 Å². The zero-order chi connectivity index (χ0) is 22.4. The monoisotopic (exact) mass is 449 g/mol. The molecule has 1 aromatic carbocycles. The molecule has 7 nitrogen and oxygen atoms in total. The van der Waals surface area contributed by atoms with E-state index < -0.39 is 5.92 Å². The van der Waals surface area contributed by atoms with Crippen LogP contribution in [0.25, 0.3) is 10.9 Å². The summed E-state index contributed by atoms with van der Waals surface area (Å²) >= 11 is 0.891. The lowest BCUT2D eigenvalue weighted by Crippen LogP contribution is -2.66. The van der Waals surface area contributed by atoms with Crippen molar-refractivity contribution < 1.29 is 18.3 Å². The predicted molar refractivity (Wildman–Crippen MR) is 116 cm³/mol. The smallest absolute Gasteiger partial charge is 0.258 e. The summed E-state index contributed by atoms with van der Waals surface area (Å²) in [5.74, 6) is -1.63. The lowest BCUT2D eigenvalue weighted by atomic mass is 9.60. The molecule has 0 amide bonds. The van der Waals surface area contributed by atoms with Crippen LogP contribution in [0.15, 0.2) is 18.3 Å². The molecule has 166 valence electrons. The summed E-state index contributed by atoms with van der Waals surface area (Å²) in [5.41, 5.74) is 2.11. The number of hydrogen-bond acceptors (Lipinski definition) is 8. The van der Waals surface area contributed by atoms with Crippen LogP contribution in [-0.4, -0.2) is 55.1 Å². The van der Waals surface area contributed by atoms with Crippen molar-refractivity contribution in [3.63, 3.8) is 0 Å². The van der Waals surface area contributed by atoms with E-state index in [-0.39, 0.29) is 18.0 Å². The zero-order valence-electron chi connectivity index (χ0n) is 17.7. The number of nitrogens with two attached hydrogens (primary N) is 1. The van der Waals surface area contributed by atoms with Crippen LogP contribution in [0.2, 0.25) is 0 Å². The molecule has 1 aliphatic carbocycles. The molecule has 1 saturated carbocycles. The zero-order valence-corrected chi connectivity index (χ0v) is 18.5. The minimum atomic E-state index is -2.78. The molecule has 0 atom stereocenters. The highest BCUT2D eigenvalue weighted by atomic mass is 32.2. The van der Waals surface area contributed by atoms with Crippen molar-refractivity contribution in [2.75, 3.05) is 38.8 Å². The fourth-order valence-corrected chi connectivity index (χ4v) is 5.40. The third-order valence-corrected chi connectivity index (χ3v) is 6.85. The summed E-state index contributed by atoms with van der Waals surface area (Å²) in [5, 5.41) is 16.1. The van der Waals surface area contributed by atoms with Gasteiger partial charge in [0.2, 0.25) is 0 Å². The van der Waals surface area contributed by atoms with Gasteiger partial charge in [0.15, 0.2) is 11.5 Å². The van der Waals surface area contributed by atoms with E-state index in [0.29, 0.717) is 17.1 Å². The Morgan fingerprint density at radius 2 is 1.97 bits per heavy atom. The fraction of sp³-hybridized carbons (Fsp3) is 0.524. The first-order valence-corrected chi connectivity index (χ1v) is 10.8. The molecular formula is C21H25F2N5O2S. The van der Waals surface area contributed by atoms with Crippen molar-refractivity contribution >= 4 is 28.7 Å². The van der Waals surface area contributed by atoms with E-state index in [4.69, 9.17) is 14.6 Å². The Morgan fingerprint density at radius 1 is 1.32 bits per heavy atom. The normalized spacial score (nSPS) is 18.1. The molecule has 0 radical (unpaired) electrons. The van der Waals surface area contributed by atoms with Crippen molar-refractivity contribution in [1.29, 1.82) is 5.26 Å². The number of rotatable bonds is 7. The van der Waals surface area contributed by atoms with Crippen LogP contribution in [-0.2, 0) is 0 Å². The molecule has 2 aromatic rings. The average molecular weight is 450 g/mol. The fourth-order valence-electron chi connectivity index (χ4n) is 4.78. The maximum absolute atomic E-state index is 13.4. The van der Waals surface area contributed by atoms with Crippen LogP contribution in [0.5, 0.6) is 11.5 Å². The van der Waals surface area contributed by atoms with Crippen molar-refractivity contribution in [2.45, 2.75) is 31.7 Å². The number of nitriles is 1. The Kier molecular flexibility index (Phi) is 5.62. The Hall–Kier alpha value is -2.35. The number of methoxy groups -OCH3 is 2. The predicted octanol–water partition coefficient (Wildman–Crippen LogP) is 3.57. The summed E-state index contributed by atoms with van der Waals surface area (Å²) < 4.78 is 39.2. The number of alkyl halides is 2. The molecule has 1 aliphatic heterocycles. The number of benzene rings is 1. The minimum absolute atomic E-state index is 0.0388. The number of aromatic nitrogens is 1. The van der Waals surface area contributed by atoms with Crippen molar-refractivity contribution in [3.8, 4) is 17.6 Å². The van der Waals surface area contributed by atoms with Crippen LogP contribution in [0, 0.1) is 16.7 Å². The molecule has 10 heteroatoms. The summed E-state index contributed by atoms with van der Waals surface area (Å²) in [6, 6.07) is 5.93. The highest BCUT2D eigenvalue weighted by molar-refractivity contribution is 7.94. The Balaban J connectivity index is 1.55. The summed E-state index contributed by atoms with van der Waals surface area (Å²) in [4.78, 5) is 6.58. The van der Waals surface area contributed by atoms with Gasteiger partial charge in [0.25, 0.3) is 5.92 Å². The molecule has 2 aliphatic rings. The number of halogens is 2. The molecule has 1 spiro atoms. The molecule has 1 saturated heterocycles. The van der Waals surface area contributed by atoms with E-state index in [0.717, 1.165) is 61.6 Å². The second-order valence-electron chi connectivity index (χ2n) is 8.53. The first kappa shape index (κ1) is 21.9. The molecule has 31 heavy (non-hydrogen) atoms. The number of fused-ring (bicyclic) bond motifs is 1. The standard InChI is InChI=1S/C21H25F2N5O2S/c1-20(22,23)10-28(31-25)14-6-21(7-14)11-27(12-21)19-13(8-24)9-26-16-5-18(30-3)17(29-2)4-15(16)19/h4-5,9,14H,6-7,10-12,25H2,1-3H3. The summed E-state index contributed by atoms with van der Waals surface area (Å²) in [6.45, 7) is 2.08. The van der Waals surface area contributed by atoms with Gasteiger partial charge in [-0.1, -0.05) is 0 Å². The third-order valence-electron chi connectivity index (χ3n) is 6.15. The SMILES string of the molecule is COc1cc2ncc(C#N)c(N3CC4(CC(N(CC(C)(F)F)SN)C4)C3)c2cc1OC. The van der Waals surface area contributed by atoms with Gasteiger partial charge >= 0.3 is 0 Å². The first-order chi connectivity index (χ1) is 14.7. The van der Waals surface area contributed by atoms with Gasteiger partial charge in [-0.15, -0.1) is 0 Å². The van der Waals surface area contributed by atoms with Crippen LogP contribution in [0.3, 0.4) is 0 Å². The summed E-state index contributed by atoms with van der Waals surface area (Å²) in [6.07, 6.45) is 3.20. The Labute approximate surface area is 184 Å². The number of pyridine rings is 1. The molecule has 2 heterocycles. The quantitative estimate of drug-likeness (QED) is 0.642. The Bertz CT molecular complexity index is 1030. The average Bonchev–Trinajstić information content (AvgIpc) is 2.68. The largest absolute Gasteiger partial charge is 0.493 e. The van der Waals surface area contributed by atoms with Crippen LogP contribution < -0.4 is 19.5 Å². The van der Waals surface area contributed by atoms with Gasteiger partial charge in [-0.3, -0.25) is 10.1 Å². The van der Waals surface area contributed by atoms with Gasteiger partial charge in [-0.25, -0.2) is 13.1 Å². The van der Waals surface area contributed by atoms with Crippen LogP contribution in [0.4, 0.5) is 14.5 Å². The minimum Gasteiger partial charge on any atom is -0.493 e. The molecule has 0 bridgehead atoms. The maximum atomic E-state index is 13.4. The van der Waals surface area contributed by atoms with Gasteiger partial charge in [-0.2, -0.15) is 5.26 Å². The van der Waals surface area contributed by atoms with E-state index in [1.54, 1.807) is 30.8 Å². The molecule has 1 aromatic heterocycles. The molecule has 2 N–H and O–H groups in total. The van der Waals surface area contributed by atoms with Crippen molar-refractivity contribution in [3.05, 3.63) is 23.9 Å². The van der Waals surface area contributed by atoms with Crippen LogP contribution in [0.1, 0.15) is 25.3 Å². The van der Waals surface area contributed by atoms with Crippen molar-refractivity contribution in [2.24, 2.45) is 10.6 Å². The van der Waals surface area contributed by atoms with Crippen LogP contribution >= 0.6 is 12.1 Å². The molecular weight excluding hydrogens is 424 g/mol. The lowest BCUT2D eigenvalue weighted by molar-refractivity contribution is -0.0378. The highest BCUT2D eigenvalue weighted by Gasteiger charge is 2.55. The van der Waals surface area contributed by atoms with E-state index in [1.165, 1.54) is 0 Å². The van der Waals surface area contributed by atoms with Gasteiger partial charge < -0.3 is 14.4 Å². The van der Waals surface area contributed by atoms with Gasteiger partial charge in [0.05, 0.1) is 37.5 Å². The van der Waals surface area contributed by atoms with Gasteiger partial charge in [0, 0.05) is 61.3 Å². The molecule has 4 rings (SSSR count).